The van der Waals surface area contributed by atoms with Gasteiger partial charge in [0.25, 0.3) is 5.56 Å². The predicted octanol–water partition coefficient (Wildman–Crippen LogP) is 2.92. The fourth-order valence-electron chi connectivity index (χ4n) is 3.19. The molecule has 0 fully saturated rings. The van der Waals surface area contributed by atoms with E-state index in [1.165, 1.54) is 0 Å². The fourth-order valence-corrected chi connectivity index (χ4v) is 3.19. The van der Waals surface area contributed by atoms with E-state index in [-0.39, 0.29) is 11.5 Å². The molecule has 0 saturated carbocycles. The Morgan fingerprint density at radius 3 is 2.62 bits per heavy atom. The number of rotatable bonds is 8. The van der Waals surface area contributed by atoms with Crippen molar-refractivity contribution in [2.24, 2.45) is 0 Å². The van der Waals surface area contributed by atoms with Crippen molar-refractivity contribution in [2.75, 3.05) is 21.3 Å². The maximum absolute atomic E-state index is 12.5. The van der Waals surface area contributed by atoms with Crippen molar-refractivity contribution in [2.45, 2.75) is 25.8 Å². The molecule has 0 aliphatic heterocycles. The summed E-state index contributed by atoms with van der Waals surface area (Å²) in [6.45, 7) is 0.476. The molecule has 0 radical (unpaired) electrons. The third-order valence-corrected chi connectivity index (χ3v) is 4.76. The average molecular weight is 395 g/mol. The molecule has 1 aromatic heterocycles. The van der Waals surface area contributed by atoms with E-state index < -0.39 is 0 Å². The molecule has 0 aliphatic carbocycles. The first-order valence-corrected chi connectivity index (χ1v) is 9.44. The highest BCUT2D eigenvalue weighted by Crippen LogP contribution is 2.28. The van der Waals surface area contributed by atoms with Crippen LogP contribution in [-0.4, -0.2) is 42.0 Å². The van der Waals surface area contributed by atoms with E-state index in [1.807, 2.05) is 36.4 Å². The lowest BCUT2D eigenvalue weighted by molar-refractivity contribution is -0.130. The summed E-state index contributed by atoms with van der Waals surface area (Å²) in [7, 11) is 4.95. The summed E-state index contributed by atoms with van der Waals surface area (Å²) < 4.78 is 10.5. The van der Waals surface area contributed by atoms with Gasteiger partial charge in [0.2, 0.25) is 5.91 Å². The Balaban J connectivity index is 1.56. The van der Waals surface area contributed by atoms with Crippen molar-refractivity contribution in [3.8, 4) is 11.5 Å². The average Bonchev–Trinajstić information content (AvgIpc) is 2.73. The van der Waals surface area contributed by atoms with E-state index in [9.17, 15) is 9.59 Å². The number of ether oxygens (including phenoxy) is 2. The number of hydrogen-bond donors (Lipinski definition) is 1. The molecule has 0 aliphatic rings. The summed E-state index contributed by atoms with van der Waals surface area (Å²) >= 11 is 0. The number of para-hydroxylation sites is 1. The summed E-state index contributed by atoms with van der Waals surface area (Å²) in [6, 6.07) is 12.8. The van der Waals surface area contributed by atoms with E-state index in [2.05, 4.69) is 9.97 Å². The lowest BCUT2D eigenvalue weighted by Crippen LogP contribution is -2.26. The number of nitrogens with one attached hydrogen (secondary N) is 1. The summed E-state index contributed by atoms with van der Waals surface area (Å²) in [5, 5.41) is 0.571. The Bertz CT molecular complexity index is 1060. The number of aromatic amines is 1. The van der Waals surface area contributed by atoms with Gasteiger partial charge >= 0.3 is 0 Å². The summed E-state index contributed by atoms with van der Waals surface area (Å²) in [5.74, 6) is 1.92. The molecular weight excluding hydrogens is 370 g/mol. The molecule has 0 saturated heterocycles. The molecule has 1 heterocycles. The third-order valence-electron chi connectivity index (χ3n) is 4.76. The Morgan fingerprint density at radius 1 is 1.10 bits per heavy atom. The molecule has 1 N–H and O–H groups in total. The van der Waals surface area contributed by atoms with Crippen molar-refractivity contribution in [3.05, 3.63) is 64.2 Å². The van der Waals surface area contributed by atoms with Gasteiger partial charge in [-0.2, -0.15) is 0 Å². The van der Waals surface area contributed by atoms with Crippen molar-refractivity contribution in [3.63, 3.8) is 0 Å². The molecule has 152 valence electrons. The molecular formula is C22H25N3O4. The first-order valence-electron chi connectivity index (χ1n) is 9.44. The van der Waals surface area contributed by atoms with Gasteiger partial charge in [-0.3, -0.25) is 9.59 Å². The second kappa shape index (κ2) is 9.23. The zero-order chi connectivity index (χ0) is 20.8. The number of carbonyl (C=O) groups is 1. The van der Waals surface area contributed by atoms with Crippen molar-refractivity contribution < 1.29 is 14.3 Å². The number of fused-ring (bicyclic) bond motifs is 1. The summed E-state index contributed by atoms with van der Waals surface area (Å²) in [4.78, 5) is 33.5. The minimum Gasteiger partial charge on any atom is -0.493 e. The number of aromatic nitrogens is 2. The van der Waals surface area contributed by atoms with Gasteiger partial charge in [0.15, 0.2) is 11.5 Å². The number of hydrogen-bond acceptors (Lipinski definition) is 5. The lowest BCUT2D eigenvalue weighted by atomic mass is 10.1. The number of H-pyrrole nitrogens is 1. The SMILES string of the molecule is COc1ccc(CN(C)C(=O)CCCc2nc3ccccc3c(=O)[nH]2)cc1OC. The minimum atomic E-state index is -0.150. The van der Waals surface area contributed by atoms with Crippen LogP contribution >= 0.6 is 0 Å². The summed E-state index contributed by atoms with van der Waals surface area (Å²) in [5.41, 5.74) is 1.48. The van der Waals surface area contributed by atoms with Crippen LogP contribution in [0.25, 0.3) is 10.9 Å². The highest BCUT2D eigenvalue weighted by atomic mass is 16.5. The Labute approximate surface area is 169 Å². The Kier molecular flexibility index (Phi) is 6.49. The highest BCUT2D eigenvalue weighted by molar-refractivity contribution is 5.77. The molecule has 1 amide bonds. The first-order chi connectivity index (χ1) is 14.0. The first kappa shape index (κ1) is 20.4. The van der Waals surface area contributed by atoms with Crippen LogP contribution in [0.2, 0.25) is 0 Å². The van der Waals surface area contributed by atoms with Crippen molar-refractivity contribution >= 4 is 16.8 Å². The molecule has 3 aromatic rings. The molecule has 0 unspecified atom stereocenters. The van der Waals surface area contributed by atoms with Gasteiger partial charge in [-0.25, -0.2) is 4.98 Å². The van der Waals surface area contributed by atoms with Crippen LogP contribution in [0.3, 0.4) is 0 Å². The maximum Gasteiger partial charge on any atom is 0.258 e. The van der Waals surface area contributed by atoms with Gasteiger partial charge < -0.3 is 19.4 Å². The molecule has 29 heavy (non-hydrogen) atoms. The largest absolute Gasteiger partial charge is 0.493 e. The quantitative estimate of drug-likeness (QED) is 0.634. The van der Waals surface area contributed by atoms with Crippen molar-refractivity contribution in [1.82, 2.24) is 14.9 Å². The van der Waals surface area contributed by atoms with Gasteiger partial charge in [0.1, 0.15) is 5.82 Å². The Hall–Kier alpha value is -3.35. The second-order valence-corrected chi connectivity index (χ2v) is 6.82. The molecule has 2 aromatic carbocycles. The number of benzene rings is 2. The van der Waals surface area contributed by atoms with Crippen LogP contribution in [-0.2, 0) is 17.8 Å². The molecule has 0 spiro atoms. The van der Waals surface area contributed by atoms with E-state index >= 15 is 0 Å². The number of nitrogens with zero attached hydrogens (tertiary/aromatic N) is 2. The molecule has 3 rings (SSSR count). The smallest absolute Gasteiger partial charge is 0.258 e. The van der Waals surface area contributed by atoms with Crippen LogP contribution in [0.1, 0.15) is 24.2 Å². The number of methoxy groups -OCH3 is 2. The predicted molar refractivity (Wildman–Crippen MR) is 111 cm³/mol. The second-order valence-electron chi connectivity index (χ2n) is 6.82. The van der Waals surface area contributed by atoms with Gasteiger partial charge in [-0.15, -0.1) is 0 Å². The highest BCUT2D eigenvalue weighted by Gasteiger charge is 2.12. The number of aryl methyl sites for hydroxylation is 1. The van der Waals surface area contributed by atoms with Crippen LogP contribution in [0.4, 0.5) is 0 Å². The van der Waals surface area contributed by atoms with Gasteiger partial charge in [-0.05, 0) is 36.2 Å². The van der Waals surface area contributed by atoms with Crippen LogP contribution in [0.5, 0.6) is 11.5 Å². The van der Waals surface area contributed by atoms with E-state index in [0.717, 1.165) is 5.56 Å². The van der Waals surface area contributed by atoms with Crippen LogP contribution in [0.15, 0.2) is 47.3 Å². The molecule has 7 nitrogen and oxygen atoms in total. The Morgan fingerprint density at radius 2 is 1.86 bits per heavy atom. The maximum atomic E-state index is 12.5. The van der Waals surface area contributed by atoms with Crippen molar-refractivity contribution in [1.29, 1.82) is 0 Å². The zero-order valence-electron chi connectivity index (χ0n) is 16.9. The van der Waals surface area contributed by atoms with Gasteiger partial charge in [0, 0.05) is 26.4 Å². The third kappa shape index (κ3) is 4.93. The number of amides is 1. The topological polar surface area (TPSA) is 84.5 Å². The molecule has 0 bridgehead atoms. The monoisotopic (exact) mass is 395 g/mol. The number of carbonyl (C=O) groups excluding carboxylic acids is 1. The fraction of sp³-hybridized carbons (Fsp3) is 0.318. The van der Waals surface area contributed by atoms with E-state index in [1.54, 1.807) is 32.2 Å². The molecule has 7 heteroatoms. The van der Waals surface area contributed by atoms with Gasteiger partial charge in [-0.1, -0.05) is 18.2 Å². The molecule has 0 atom stereocenters. The standard InChI is InChI=1S/C22H25N3O4/c1-25(14-15-11-12-18(28-2)19(13-15)29-3)21(26)10-6-9-20-23-17-8-5-4-7-16(17)22(27)24-20/h4-5,7-8,11-13H,6,9-10,14H2,1-3H3,(H,23,24,27). The van der Waals surface area contributed by atoms with E-state index in [4.69, 9.17) is 9.47 Å². The minimum absolute atomic E-state index is 0.0305. The summed E-state index contributed by atoms with van der Waals surface area (Å²) in [6.07, 6.45) is 1.52. The van der Waals surface area contributed by atoms with Crippen LogP contribution < -0.4 is 15.0 Å². The van der Waals surface area contributed by atoms with E-state index in [0.29, 0.717) is 54.0 Å². The van der Waals surface area contributed by atoms with Gasteiger partial charge in [0.05, 0.1) is 25.1 Å². The lowest BCUT2D eigenvalue weighted by Gasteiger charge is -2.18. The zero-order valence-corrected chi connectivity index (χ0v) is 16.9. The normalized spacial score (nSPS) is 10.7. The van der Waals surface area contributed by atoms with Crippen LogP contribution in [0, 0.1) is 0 Å².